The first kappa shape index (κ1) is 22.2. The van der Waals surface area contributed by atoms with E-state index in [4.69, 9.17) is 4.52 Å². The monoisotopic (exact) mass is 454 g/mol. The van der Waals surface area contributed by atoms with Gasteiger partial charge in [0.15, 0.2) is 0 Å². The molecule has 8 nitrogen and oxygen atoms in total. The Labute approximate surface area is 187 Å². The number of benzene rings is 2. The largest absolute Gasteiger partial charge is 0.339 e. The highest BCUT2D eigenvalue weighted by atomic mass is 32.2. The van der Waals surface area contributed by atoms with Gasteiger partial charge in [-0.3, -0.25) is 4.79 Å². The van der Waals surface area contributed by atoms with E-state index in [1.807, 2.05) is 13.0 Å². The number of hydrogen-bond donors (Lipinski definition) is 2. The van der Waals surface area contributed by atoms with Crippen LogP contribution in [0.2, 0.25) is 0 Å². The number of hydrogen-bond acceptors (Lipinski definition) is 6. The van der Waals surface area contributed by atoms with Crippen molar-refractivity contribution in [3.05, 3.63) is 60.0 Å². The molecule has 1 atom stereocenters. The molecule has 1 aliphatic carbocycles. The van der Waals surface area contributed by atoms with Crippen molar-refractivity contribution in [1.82, 2.24) is 14.9 Å². The molecule has 1 heterocycles. The Morgan fingerprint density at radius 2 is 1.84 bits per heavy atom. The van der Waals surface area contributed by atoms with Gasteiger partial charge in [-0.15, -0.1) is 0 Å². The summed E-state index contributed by atoms with van der Waals surface area (Å²) >= 11 is 0. The van der Waals surface area contributed by atoms with Crippen LogP contribution in [0.15, 0.2) is 57.9 Å². The van der Waals surface area contributed by atoms with E-state index in [0.29, 0.717) is 28.9 Å². The van der Waals surface area contributed by atoms with Crippen LogP contribution in [-0.2, 0) is 14.8 Å². The predicted molar refractivity (Wildman–Crippen MR) is 121 cm³/mol. The third-order valence-corrected chi connectivity index (χ3v) is 7.15. The van der Waals surface area contributed by atoms with Gasteiger partial charge in [0.25, 0.3) is 0 Å². The van der Waals surface area contributed by atoms with Crippen LogP contribution in [0.4, 0.5) is 5.69 Å². The molecule has 0 spiro atoms. The molecule has 1 aromatic heterocycles. The van der Waals surface area contributed by atoms with Crippen LogP contribution in [0.1, 0.15) is 50.0 Å². The van der Waals surface area contributed by atoms with Crippen molar-refractivity contribution in [2.24, 2.45) is 0 Å². The molecule has 9 heteroatoms. The number of sulfonamides is 1. The Morgan fingerprint density at radius 3 is 2.56 bits per heavy atom. The van der Waals surface area contributed by atoms with E-state index in [2.05, 4.69) is 20.2 Å². The molecule has 168 valence electrons. The molecule has 1 amide bonds. The fraction of sp³-hybridized carbons (Fsp3) is 0.348. The smallest absolute Gasteiger partial charge is 0.242 e. The lowest BCUT2D eigenvalue weighted by Gasteiger charge is -2.15. The zero-order valence-corrected chi connectivity index (χ0v) is 18.9. The van der Waals surface area contributed by atoms with Gasteiger partial charge in [-0.2, -0.15) is 9.71 Å². The average molecular weight is 455 g/mol. The van der Waals surface area contributed by atoms with Gasteiger partial charge < -0.3 is 9.84 Å². The minimum atomic E-state index is -3.81. The third-order valence-electron chi connectivity index (χ3n) is 5.59. The summed E-state index contributed by atoms with van der Waals surface area (Å²) in [4.78, 5) is 17.2. The topological polar surface area (TPSA) is 114 Å². The summed E-state index contributed by atoms with van der Waals surface area (Å²) in [5.41, 5.74) is 2.18. The number of anilines is 1. The molecule has 0 aliphatic heterocycles. The first-order valence-corrected chi connectivity index (χ1v) is 12.1. The number of aromatic nitrogens is 2. The van der Waals surface area contributed by atoms with Gasteiger partial charge in [0, 0.05) is 17.2 Å². The highest BCUT2D eigenvalue weighted by Crippen LogP contribution is 2.34. The van der Waals surface area contributed by atoms with E-state index in [0.717, 1.165) is 18.4 Å². The van der Waals surface area contributed by atoms with E-state index in [-0.39, 0.29) is 4.90 Å². The van der Waals surface area contributed by atoms with Crippen molar-refractivity contribution in [2.45, 2.75) is 56.4 Å². The van der Waals surface area contributed by atoms with Crippen LogP contribution in [0.3, 0.4) is 0 Å². The summed E-state index contributed by atoms with van der Waals surface area (Å²) in [6, 6.07) is 12.5. The van der Waals surface area contributed by atoms with Crippen LogP contribution in [0, 0.1) is 6.92 Å². The lowest BCUT2D eigenvalue weighted by atomic mass is 10.1. The number of amides is 1. The zero-order chi connectivity index (χ0) is 22.7. The van der Waals surface area contributed by atoms with Crippen molar-refractivity contribution in [3.8, 4) is 11.4 Å². The minimum Gasteiger partial charge on any atom is -0.339 e. The second kappa shape index (κ2) is 9.22. The van der Waals surface area contributed by atoms with Crippen molar-refractivity contribution in [3.63, 3.8) is 0 Å². The summed E-state index contributed by atoms with van der Waals surface area (Å²) in [7, 11) is -3.81. The van der Waals surface area contributed by atoms with Gasteiger partial charge in [-0.25, -0.2) is 8.42 Å². The Morgan fingerprint density at radius 1 is 1.12 bits per heavy atom. The highest BCUT2D eigenvalue weighted by Gasteiger charge is 2.24. The summed E-state index contributed by atoms with van der Waals surface area (Å²) in [6.45, 7) is 3.37. The molecule has 1 aliphatic rings. The van der Waals surface area contributed by atoms with Gasteiger partial charge in [0.05, 0.1) is 10.9 Å². The van der Waals surface area contributed by atoms with Crippen LogP contribution < -0.4 is 10.0 Å². The normalized spacial score (nSPS) is 15.6. The zero-order valence-electron chi connectivity index (χ0n) is 18.0. The quantitative estimate of drug-likeness (QED) is 0.558. The first-order valence-electron chi connectivity index (χ1n) is 10.7. The van der Waals surface area contributed by atoms with Crippen LogP contribution in [0.25, 0.3) is 11.4 Å². The van der Waals surface area contributed by atoms with E-state index >= 15 is 0 Å². The molecule has 1 saturated carbocycles. The minimum absolute atomic E-state index is 0.111. The molecular weight excluding hydrogens is 428 g/mol. The maximum Gasteiger partial charge on any atom is 0.242 e. The second-order valence-corrected chi connectivity index (χ2v) is 9.88. The predicted octanol–water partition coefficient (Wildman–Crippen LogP) is 4.01. The molecule has 3 aromatic rings. The molecule has 0 radical (unpaired) electrons. The number of nitrogens with zero attached hydrogens (tertiary/aromatic N) is 2. The van der Waals surface area contributed by atoms with Crippen molar-refractivity contribution < 1.29 is 17.7 Å². The molecule has 1 fully saturated rings. The first-order chi connectivity index (χ1) is 15.3. The van der Waals surface area contributed by atoms with Crippen LogP contribution in [-0.4, -0.2) is 30.5 Å². The molecule has 0 bridgehead atoms. The number of rotatable bonds is 7. The summed E-state index contributed by atoms with van der Waals surface area (Å²) < 4.78 is 32.9. The van der Waals surface area contributed by atoms with E-state index in [1.54, 1.807) is 30.3 Å². The summed E-state index contributed by atoms with van der Waals surface area (Å²) in [5.74, 6) is 0.973. The summed E-state index contributed by atoms with van der Waals surface area (Å²) in [5, 5.41) is 6.83. The standard InChI is InChI=1S/C23H26N4O4S/c1-15-10-12-20(13-11-15)32(29,30)27-16(2)22(28)24-19-9-5-8-18(14-19)21-25-23(31-26-21)17-6-3-4-7-17/h5,8-14,16-17,27H,3-4,6-7H2,1-2H3,(H,24,28)/t16-/m0/s1. The lowest BCUT2D eigenvalue weighted by molar-refractivity contribution is -0.117. The Hall–Kier alpha value is -3.04. The Kier molecular flexibility index (Phi) is 6.38. The van der Waals surface area contributed by atoms with E-state index in [9.17, 15) is 13.2 Å². The molecule has 2 N–H and O–H groups in total. The maximum atomic E-state index is 12.6. The van der Waals surface area contributed by atoms with Crippen molar-refractivity contribution in [1.29, 1.82) is 0 Å². The van der Waals surface area contributed by atoms with Gasteiger partial charge in [0.2, 0.25) is 27.6 Å². The lowest BCUT2D eigenvalue weighted by Crippen LogP contribution is -2.41. The van der Waals surface area contributed by atoms with E-state index < -0.39 is 22.0 Å². The van der Waals surface area contributed by atoms with Gasteiger partial charge >= 0.3 is 0 Å². The van der Waals surface area contributed by atoms with Gasteiger partial charge in [-0.05, 0) is 51.0 Å². The van der Waals surface area contributed by atoms with Crippen molar-refractivity contribution in [2.75, 3.05) is 5.32 Å². The molecule has 4 rings (SSSR count). The number of carbonyl (C=O) groups excluding carboxylic acids is 1. The third kappa shape index (κ3) is 5.05. The van der Waals surface area contributed by atoms with Crippen LogP contribution in [0.5, 0.6) is 0 Å². The van der Waals surface area contributed by atoms with Gasteiger partial charge in [0.1, 0.15) is 0 Å². The van der Waals surface area contributed by atoms with E-state index in [1.165, 1.54) is 31.9 Å². The molecule has 32 heavy (non-hydrogen) atoms. The fourth-order valence-electron chi connectivity index (χ4n) is 3.75. The number of carbonyl (C=O) groups is 1. The fourth-order valence-corrected chi connectivity index (χ4v) is 4.95. The Balaban J connectivity index is 1.42. The second-order valence-electron chi connectivity index (χ2n) is 8.16. The maximum absolute atomic E-state index is 12.6. The van der Waals surface area contributed by atoms with Gasteiger partial charge in [-0.1, -0.05) is 47.8 Å². The highest BCUT2D eigenvalue weighted by molar-refractivity contribution is 7.89. The van der Waals surface area contributed by atoms with Crippen LogP contribution >= 0.6 is 0 Å². The molecular formula is C23H26N4O4S. The summed E-state index contributed by atoms with van der Waals surface area (Å²) in [6.07, 6.45) is 4.48. The average Bonchev–Trinajstić information content (AvgIpc) is 3.46. The number of aryl methyl sites for hydroxylation is 1. The number of nitrogens with one attached hydrogen (secondary N) is 2. The molecule has 2 aromatic carbocycles. The molecule has 0 saturated heterocycles. The Bertz CT molecular complexity index is 1200. The molecule has 0 unspecified atom stereocenters. The SMILES string of the molecule is Cc1ccc(S(=O)(=O)N[C@@H](C)C(=O)Nc2cccc(-c3noc(C4CCCC4)n3)c2)cc1. The van der Waals surface area contributed by atoms with Crippen molar-refractivity contribution >= 4 is 21.6 Å².